The van der Waals surface area contributed by atoms with E-state index in [1.54, 1.807) is 0 Å². The van der Waals surface area contributed by atoms with Gasteiger partial charge in [-0.2, -0.15) is 0 Å². The molecule has 0 N–H and O–H groups in total. The molecule has 11 aromatic carbocycles. The smallest absolute Gasteiger partial charge is 0.0541 e. The molecule has 2 nitrogen and oxygen atoms in total. The average Bonchev–Trinajstić information content (AvgIpc) is 4.10. The van der Waals surface area contributed by atoms with E-state index in [1.807, 2.05) is 11.3 Å². The first-order valence-corrected chi connectivity index (χ1v) is 26.3. The maximum Gasteiger partial charge on any atom is 0.0541 e. The van der Waals surface area contributed by atoms with Crippen LogP contribution in [0.1, 0.15) is 0 Å². The van der Waals surface area contributed by atoms with Crippen LogP contribution < -0.4 is 0 Å². The van der Waals surface area contributed by atoms with Crippen molar-refractivity contribution in [2.45, 2.75) is 19.6 Å². The van der Waals surface area contributed by atoms with Gasteiger partial charge in [-0.15, -0.1) is 21.4 Å². The van der Waals surface area contributed by atoms with Crippen molar-refractivity contribution in [1.82, 2.24) is 9.13 Å². The molecule has 0 spiro atoms. The minimum absolute atomic E-state index is 1.15. The highest BCUT2D eigenvalue weighted by molar-refractivity contribution is 8.34. The molecule has 4 heteroatoms. The summed E-state index contributed by atoms with van der Waals surface area (Å²) in [6, 6.07) is 99.2. The minimum Gasteiger partial charge on any atom is -0.309 e. The molecule has 0 aliphatic carbocycles. The van der Waals surface area contributed by atoms with Crippen LogP contribution in [-0.4, -0.2) is 9.13 Å². The molecule has 0 amide bonds. The molecule has 0 unspecified atom stereocenters. The summed E-state index contributed by atoms with van der Waals surface area (Å²) in [6.07, 6.45) is 0. The molecule has 14 rings (SSSR count). The Hall–Kier alpha value is -8.41. The number of nitrogens with zero attached hydrogens (tertiary/aromatic N) is 2. The Labute approximate surface area is 411 Å². The lowest BCUT2D eigenvalue weighted by Gasteiger charge is -2.42. The second-order valence-corrected chi connectivity index (χ2v) is 22.2. The van der Waals surface area contributed by atoms with E-state index in [1.165, 1.54) is 106 Å². The van der Waals surface area contributed by atoms with Crippen molar-refractivity contribution in [2.24, 2.45) is 0 Å². The van der Waals surface area contributed by atoms with Gasteiger partial charge in [0, 0.05) is 72.7 Å². The van der Waals surface area contributed by atoms with Crippen LogP contribution in [0.3, 0.4) is 0 Å². The van der Waals surface area contributed by atoms with E-state index in [0.717, 1.165) is 11.4 Å². The van der Waals surface area contributed by atoms with Gasteiger partial charge < -0.3 is 9.13 Å². The van der Waals surface area contributed by atoms with Crippen LogP contribution in [0.15, 0.2) is 287 Å². The summed E-state index contributed by atoms with van der Waals surface area (Å²) >= 11 is 1.92. The number of aromatic nitrogens is 2. The zero-order chi connectivity index (χ0) is 46.2. The minimum atomic E-state index is -2.02. The van der Waals surface area contributed by atoms with E-state index in [2.05, 4.69) is 276 Å². The fourth-order valence-electron chi connectivity index (χ4n) is 11.1. The molecule has 0 radical (unpaired) electrons. The molecular formula is C66H44N2S2. The molecule has 330 valence electrons. The zero-order valence-electron chi connectivity index (χ0n) is 38.1. The number of rotatable bonds is 8. The molecule has 0 atom stereocenters. The van der Waals surface area contributed by atoms with Gasteiger partial charge in [0.2, 0.25) is 0 Å². The molecule has 0 aliphatic rings. The molecule has 0 aliphatic heterocycles. The van der Waals surface area contributed by atoms with Gasteiger partial charge in [0.15, 0.2) is 0 Å². The Kier molecular flexibility index (Phi) is 9.51. The highest BCUT2D eigenvalue weighted by atomic mass is 32.3. The predicted molar refractivity (Wildman–Crippen MR) is 299 cm³/mol. The number of benzene rings is 11. The van der Waals surface area contributed by atoms with Crippen LogP contribution in [0.5, 0.6) is 0 Å². The molecule has 14 aromatic rings. The number of thiophene rings is 1. The maximum absolute atomic E-state index is 2.48. The van der Waals surface area contributed by atoms with Gasteiger partial charge in [0.05, 0.1) is 22.1 Å². The summed E-state index contributed by atoms with van der Waals surface area (Å²) in [5.74, 6) is 0. The number of para-hydroxylation sites is 3. The van der Waals surface area contributed by atoms with Crippen LogP contribution in [0.2, 0.25) is 0 Å². The molecule has 0 saturated heterocycles. The second kappa shape index (κ2) is 16.4. The third-order valence-electron chi connectivity index (χ3n) is 14.2. The molecule has 0 fully saturated rings. The van der Waals surface area contributed by atoms with E-state index in [9.17, 15) is 0 Å². The van der Waals surface area contributed by atoms with Crippen molar-refractivity contribution in [3.8, 4) is 33.6 Å². The molecule has 0 bridgehead atoms. The third kappa shape index (κ3) is 6.27. The lowest BCUT2D eigenvalue weighted by molar-refractivity contribution is 1.15. The van der Waals surface area contributed by atoms with Crippen LogP contribution in [-0.2, 0) is 0 Å². The van der Waals surface area contributed by atoms with Gasteiger partial charge in [-0.3, -0.25) is 0 Å². The number of hydrogen-bond donors (Lipinski definition) is 0. The van der Waals surface area contributed by atoms with E-state index >= 15 is 0 Å². The number of hydrogen-bond acceptors (Lipinski definition) is 1. The van der Waals surface area contributed by atoms with Crippen molar-refractivity contribution >= 4 is 85.1 Å². The summed E-state index contributed by atoms with van der Waals surface area (Å²) in [5, 5.41) is 7.63. The zero-order valence-corrected chi connectivity index (χ0v) is 39.7. The van der Waals surface area contributed by atoms with Crippen molar-refractivity contribution < 1.29 is 0 Å². The predicted octanol–water partition coefficient (Wildman–Crippen LogP) is 18.9. The Morgan fingerprint density at radius 3 is 1.36 bits per heavy atom. The summed E-state index contributed by atoms with van der Waals surface area (Å²) in [7, 11) is -2.02. The Bertz CT molecular complexity index is 4220. The van der Waals surface area contributed by atoms with Crippen molar-refractivity contribution in [2.75, 3.05) is 0 Å². The largest absolute Gasteiger partial charge is 0.309 e. The molecule has 0 saturated carbocycles. The lowest BCUT2D eigenvalue weighted by Crippen LogP contribution is -2.06. The van der Waals surface area contributed by atoms with Crippen molar-refractivity contribution in [1.29, 1.82) is 0 Å². The maximum atomic E-state index is 2.48. The SMILES string of the molecule is c1ccc(S(c2ccccc2)(c2cccc(-n3c4ccccc4c4cc(-c5cccc(-c6cccc(-n7c8ccccc8c8ccccc87)c6)c5)ccc43)c2)c2cccc3c2sc2ccccc23)cc1. The first-order chi connectivity index (χ1) is 34.7. The van der Waals surface area contributed by atoms with Crippen LogP contribution in [0.25, 0.3) is 97.4 Å². The van der Waals surface area contributed by atoms with Crippen LogP contribution in [0.4, 0.5) is 0 Å². The normalized spacial score (nSPS) is 12.2. The van der Waals surface area contributed by atoms with Gasteiger partial charge in [-0.1, -0.05) is 164 Å². The summed E-state index contributed by atoms with van der Waals surface area (Å²) in [6.45, 7) is 0. The molecular weight excluding hydrogens is 885 g/mol. The second-order valence-electron chi connectivity index (χ2n) is 18.1. The average molecular weight is 929 g/mol. The third-order valence-corrected chi connectivity index (χ3v) is 19.5. The Morgan fingerprint density at radius 2 is 0.714 bits per heavy atom. The van der Waals surface area contributed by atoms with E-state index in [-0.39, 0.29) is 0 Å². The summed E-state index contributed by atoms with van der Waals surface area (Å²) < 4.78 is 7.54. The molecule has 70 heavy (non-hydrogen) atoms. The molecule has 3 aromatic heterocycles. The fourth-order valence-corrected chi connectivity index (χ4v) is 16.7. The monoisotopic (exact) mass is 928 g/mol. The first-order valence-electron chi connectivity index (χ1n) is 23.9. The summed E-state index contributed by atoms with van der Waals surface area (Å²) in [4.78, 5) is 5.30. The lowest BCUT2D eigenvalue weighted by atomic mass is 9.97. The highest BCUT2D eigenvalue weighted by Crippen LogP contribution is 2.75. The van der Waals surface area contributed by atoms with E-state index < -0.39 is 10.0 Å². The van der Waals surface area contributed by atoms with Gasteiger partial charge in [-0.05, 0) is 125 Å². The molecule has 3 heterocycles. The van der Waals surface area contributed by atoms with Crippen LogP contribution >= 0.6 is 21.4 Å². The summed E-state index contributed by atoms with van der Waals surface area (Å²) in [5.41, 5.74) is 11.9. The Balaban J connectivity index is 0.917. The highest BCUT2D eigenvalue weighted by Gasteiger charge is 2.36. The topological polar surface area (TPSA) is 9.86 Å². The van der Waals surface area contributed by atoms with Gasteiger partial charge >= 0.3 is 0 Å². The fraction of sp³-hybridized carbons (Fsp3) is 0. The number of fused-ring (bicyclic) bond motifs is 9. The van der Waals surface area contributed by atoms with Gasteiger partial charge in [-0.25, -0.2) is 0 Å². The quantitative estimate of drug-likeness (QED) is 0.144. The van der Waals surface area contributed by atoms with Gasteiger partial charge in [0.25, 0.3) is 0 Å². The van der Waals surface area contributed by atoms with E-state index in [0.29, 0.717) is 0 Å². The van der Waals surface area contributed by atoms with E-state index in [4.69, 9.17) is 0 Å². The van der Waals surface area contributed by atoms with Gasteiger partial charge in [0.1, 0.15) is 0 Å². The first kappa shape index (κ1) is 40.6. The van der Waals surface area contributed by atoms with Crippen molar-refractivity contribution in [3.63, 3.8) is 0 Å². The van der Waals surface area contributed by atoms with Crippen LogP contribution in [0, 0.1) is 0 Å². The standard InChI is InChI=1S/C66H44N2S2/c1-3-24-51(25-4-1)70(52-26-5-2-6-27-52,65-38-18-33-58-57-32-10-14-37-64(57)69-66(58)65)53-28-17-23-50(44-53)68-62-36-13-9-31-56(62)59-43-48(39-40-63(59)68)46-20-15-19-45(41-46)47-21-16-22-49(42-47)67-60-34-11-7-29-54(60)55-30-8-12-35-61(55)67/h1-44H. The van der Waals surface area contributed by atoms with Crippen molar-refractivity contribution in [3.05, 3.63) is 267 Å². The Morgan fingerprint density at radius 1 is 0.271 bits per heavy atom.